The smallest absolute Gasteiger partial charge is 0.253 e. The predicted octanol–water partition coefficient (Wildman–Crippen LogP) is 4.42. The van der Waals surface area contributed by atoms with Gasteiger partial charge in [-0.05, 0) is 29.8 Å². The zero-order valence-corrected chi connectivity index (χ0v) is 17.7. The van der Waals surface area contributed by atoms with Gasteiger partial charge in [0.25, 0.3) is 5.91 Å². The molecular formula is C24H20ClN5O2. The summed E-state index contributed by atoms with van der Waals surface area (Å²) in [5.74, 6) is 0.0914. The fourth-order valence-corrected chi connectivity index (χ4v) is 3.45. The predicted molar refractivity (Wildman–Crippen MR) is 123 cm³/mol. The number of hydrogen-bond donors (Lipinski definition) is 2. The zero-order valence-electron chi connectivity index (χ0n) is 17.0. The van der Waals surface area contributed by atoms with Gasteiger partial charge in [0.05, 0.1) is 34.9 Å². The first-order valence-corrected chi connectivity index (χ1v) is 10.3. The minimum Gasteiger partial charge on any atom is -0.345 e. The molecule has 2 aromatic carbocycles. The normalized spacial score (nSPS) is 11.5. The first-order valence-electron chi connectivity index (χ1n) is 9.95. The number of hydrogen-bond acceptors (Lipinski definition) is 4. The Morgan fingerprint density at radius 1 is 1.00 bits per heavy atom. The van der Waals surface area contributed by atoms with Crippen molar-refractivity contribution in [3.63, 3.8) is 0 Å². The summed E-state index contributed by atoms with van der Waals surface area (Å²) in [6, 6.07) is 19.2. The summed E-state index contributed by atoms with van der Waals surface area (Å²) in [4.78, 5) is 33.9. The number of carbonyl (C=O) groups is 2. The van der Waals surface area contributed by atoms with Crippen molar-refractivity contribution in [3.05, 3.63) is 108 Å². The summed E-state index contributed by atoms with van der Waals surface area (Å²) in [5.41, 5.74) is 1.73. The van der Waals surface area contributed by atoms with Crippen LogP contribution in [0.15, 0.2) is 91.6 Å². The van der Waals surface area contributed by atoms with Crippen LogP contribution < -0.4 is 10.6 Å². The lowest BCUT2D eigenvalue weighted by molar-refractivity contribution is -0.116. The lowest BCUT2D eigenvalue weighted by Gasteiger charge is -2.19. The lowest BCUT2D eigenvalue weighted by atomic mass is 10.0. The van der Waals surface area contributed by atoms with Crippen molar-refractivity contribution in [2.45, 2.75) is 12.5 Å². The first-order chi connectivity index (χ1) is 15.6. The summed E-state index contributed by atoms with van der Waals surface area (Å²) < 4.78 is 1.77. The molecule has 0 bridgehead atoms. The summed E-state index contributed by atoms with van der Waals surface area (Å²) in [6.45, 7) is 0. The fourth-order valence-electron chi connectivity index (χ4n) is 3.22. The molecule has 2 aromatic heterocycles. The van der Waals surface area contributed by atoms with E-state index in [0.717, 1.165) is 5.56 Å². The van der Waals surface area contributed by atoms with E-state index >= 15 is 0 Å². The van der Waals surface area contributed by atoms with Crippen molar-refractivity contribution in [3.8, 4) is 5.82 Å². The molecular weight excluding hydrogens is 426 g/mol. The number of nitrogens with zero attached hydrogens (tertiary/aromatic N) is 3. The number of imidazole rings is 1. The molecule has 2 heterocycles. The molecule has 1 unspecified atom stereocenters. The largest absolute Gasteiger partial charge is 0.345 e. The van der Waals surface area contributed by atoms with Crippen molar-refractivity contribution in [1.29, 1.82) is 0 Å². The van der Waals surface area contributed by atoms with Gasteiger partial charge in [-0.15, -0.1) is 0 Å². The molecule has 4 rings (SSSR count). The maximum atomic E-state index is 12.8. The van der Waals surface area contributed by atoms with E-state index in [4.69, 9.17) is 11.6 Å². The average Bonchev–Trinajstić information content (AvgIpc) is 3.35. The highest BCUT2D eigenvalue weighted by Crippen LogP contribution is 2.21. The van der Waals surface area contributed by atoms with Crippen molar-refractivity contribution in [2.24, 2.45) is 0 Å². The number of nitrogens with one attached hydrogen (secondary N) is 2. The van der Waals surface area contributed by atoms with Crippen molar-refractivity contribution < 1.29 is 9.59 Å². The standard InChI is InChI=1S/C24H20ClN5O2/c25-20-9-5-4-8-19(20)24(32)29-21(17-6-2-1-3-7-17)14-23(31)28-18-10-11-22(27-15-18)30-13-12-26-16-30/h1-13,15-16,21H,14H2,(H,28,31)(H,29,32). The summed E-state index contributed by atoms with van der Waals surface area (Å²) in [7, 11) is 0. The van der Waals surface area contributed by atoms with Gasteiger partial charge < -0.3 is 10.6 Å². The molecule has 4 aromatic rings. The van der Waals surface area contributed by atoms with Gasteiger partial charge in [-0.1, -0.05) is 54.1 Å². The zero-order chi connectivity index (χ0) is 22.3. The number of anilines is 1. The molecule has 2 amide bonds. The van der Waals surface area contributed by atoms with Gasteiger partial charge in [0.2, 0.25) is 5.91 Å². The van der Waals surface area contributed by atoms with E-state index in [0.29, 0.717) is 22.1 Å². The Morgan fingerprint density at radius 3 is 2.47 bits per heavy atom. The van der Waals surface area contributed by atoms with Crippen molar-refractivity contribution >= 4 is 29.1 Å². The van der Waals surface area contributed by atoms with Crippen molar-refractivity contribution in [2.75, 3.05) is 5.32 Å². The summed E-state index contributed by atoms with van der Waals surface area (Å²) in [6.07, 6.45) is 6.72. The van der Waals surface area contributed by atoms with Gasteiger partial charge in [0.1, 0.15) is 12.1 Å². The Hall–Kier alpha value is -3.97. The molecule has 32 heavy (non-hydrogen) atoms. The first kappa shape index (κ1) is 21.3. The van der Waals surface area contributed by atoms with Crippen molar-refractivity contribution in [1.82, 2.24) is 19.9 Å². The molecule has 1 atom stereocenters. The van der Waals surface area contributed by atoms with Gasteiger partial charge >= 0.3 is 0 Å². The quantitative estimate of drug-likeness (QED) is 0.440. The summed E-state index contributed by atoms with van der Waals surface area (Å²) in [5, 5.41) is 6.11. The number of halogens is 1. The molecule has 0 spiro atoms. The lowest BCUT2D eigenvalue weighted by Crippen LogP contribution is -2.31. The van der Waals surface area contributed by atoms with E-state index in [-0.39, 0.29) is 18.2 Å². The molecule has 0 aliphatic rings. The minimum atomic E-state index is -0.529. The third kappa shape index (κ3) is 5.19. The van der Waals surface area contributed by atoms with E-state index in [1.165, 1.54) is 0 Å². The van der Waals surface area contributed by atoms with Gasteiger partial charge in [-0.3, -0.25) is 14.2 Å². The SMILES string of the molecule is O=C(CC(NC(=O)c1ccccc1Cl)c1ccccc1)Nc1ccc(-n2ccnc2)nc1. The molecule has 8 heteroatoms. The van der Waals surface area contributed by atoms with Gasteiger partial charge in [0, 0.05) is 12.4 Å². The van der Waals surface area contributed by atoms with Crippen LogP contribution in [0.5, 0.6) is 0 Å². The summed E-state index contributed by atoms with van der Waals surface area (Å²) >= 11 is 6.16. The van der Waals surface area contributed by atoms with Crippen LogP contribution in [-0.2, 0) is 4.79 Å². The Morgan fingerprint density at radius 2 is 1.78 bits per heavy atom. The number of amides is 2. The van der Waals surface area contributed by atoms with E-state index < -0.39 is 6.04 Å². The van der Waals surface area contributed by atoms with E-state index in [9.17, 15) is 9.59 Å². The molecule has 0 aliphatic carbocycles. The van der Waals surface area contributed by atoms with Gasteiger partial charge in [0.15, 0.2) is 0 Å². The van der Waals surface area contributed by atoms with Crippen LogP contribution in [0.1, 0.15) is 28.4 Å². The maximum absolute atomic E-state index is 12.8. The molecule has 2 N–H and O–H groups in total. The molecule has 160 valence electrons. The Labute approximate surface area is 190 Å². The highest BCUT2D eigenvalue weighted by atomic mass is 35.5. The molecule has 0 saturated heterocycles. The van der Waals surface area contributed by atoms with Crippen LogP contribution >= 0.6 is 11.6 Å². The number of pyridine rings is 1. The molecule has 7 nitrogen and oxygen atoms in total. The minimum absolute atomic E-state index is 0.0451. The van der Waals surface area contributed by atoms with Crippen LogP contribution in [-0.4, -0.2) is 26.3 Å². The maximum Gasteiger partial charge on any atom is 0.253 e. The highest BCUT2D eigenvalue weighted by molar-refractivity contribution is 6.33. The Kier molecular flexibility index (Phi) is 6.57. The molecule has 0 fully saturated rings. The third-order valence-corrected chi connectivity index (χ3v) is 5.15. The Balaban J connectivity index is 1.46. The van der Waals surface area contributed by atoms with E-state index in [1.54, 1.807) is 65.9 Å². The fraction of sp³-hybridized carbons (Fsp3) is 0.0833. The number of rotatable bonds is 7. The molecule has 0 aliphatic heterocycles. The second kappa shape index (κ2) is 9.89. The number of carbonyl (C=O) groups excluding carboxylic acids is 2. The Bertz CT molecular complexity index is 1190. The number of benzene rings is 2. The van der Waals surface area contributed by atoms with E-state index in [1.807, 2.05) is 30.3 Å². The highest BCUT2D eigenvalue weighted by Gasteiger charge is 2.20. The second-order valence-electron chi connectivity index (χ2n) is 7.04. The van der Waals surface area contributed by atoms with Crippen LogP contribution in [0.25, 0.3) is 5.82 Å². The molecule has 0 saturated carbocycles. The van der Waals surface area contributed by atoms with Gasteiger partial charge in [-0.25, -0.2) is 9.97 Å². The van der Waals surface area contributed by atoms with E-state index in [2.05, 4.69) is 20.6 Å². The molecule has 0 radical (unpaired) electrons. The monoisotopic (exact) mass is 445 g/mol. The topological polar surface area (TPSA) is 88.9 Å². The second-order valence-corrected chi connectivity index (χ2v) is 7.45. The van der Waals surface area contributed by atoms with Crippen LogP contribution in [0.2, 0.25) is 5.02 Å². The van der Waals surface area contributed by atoms with Crippen LogP contribution in [0.4, 0.5) is 5.69 Å². The average molecular weight is 446 g/mol. The van der Waals surface area contributed by atoms with Crippen LogP contribution in [0.3, 0.4) is 0 Å². The number of aromatic nitrogens is 3. The van der Waals surface area contributed by atoms with Crippen LogP contribution in [0, 0.1) is 0 Å². The van der Waals surface area contributed by atoms with Gasteiger partial charge in [-0.2, -0.15) is 0 Å². The third-order valence-electron chi connectivity index (χ3n) is 4.82.